The van der Waals surface area contributed by atoms with Crippen LogP contribution in [0, 0.1) is 11.6 Å². The lowest BCUT2D eigenvalue weighted by atomic mass is 10.0. The second-order valence-corrected chi connectivity index (χ2v) is 9.01. The van der Waals surface area contributed by atoms with Gasteiger partial charge in [0.25, 0.3) is 5.91 Å². The molecule has 9 heteroatoms. The van der Waals surface area contributed by atoms with Crippen molar-refractivity contribution in [3.63, 3.8) is 0 Å². The second-order valence-electron chi connectivity index (χ2n) is 9.01. The molecule has 3 aromatic rings. The first-order valence-corrected chi connectivity index (χ1v) is 12.8. The number of ether oxygens (including phenoxy) is 2. The molecule has 0 aliphatic carbocycles. The summed E-state index contributed by atoms with van der Waals surface area (Å²) in [6.07, 6.45) is 5.60. The summed E-state index contributed by atoms with van der Waals surface area (Å²) in [6.45, 7) is 2.79. The van der Waals surface area contributed by atoms with Crippen LogP contribution in [0.25, 0.3) is 0 Å². The molecule has 39 heavy (non-hydrogen) atoms. The van der Waals surface area contributed by atoms with Crippen LogP contribution < -0.4 is 14.8 Å². The van der Waals surface area contributed by atoms with Crippen LogP contribution in [0.2, 0.25) is 0 Å². The zero-order chi connectivity index (χ0) is 28.2. The van der Waals surface area contributed by atoms with Crippen molar-refractivity contribution in [1.82, 2.24) is 5.32 Å². The van der Waals surface area contributed by atoms with E-state index in [1.165, 1.54) is 31.4 Å². The fraction of sp³-hybridized carbons (Fsp3) is 0.300. The van der Waals surface area contributed by atoms with E-state index in [0.29, 0.717) is 29.5 Å². The van der Waals surface area contributed by atoms with E-state index in [0.717, 1.165) is 25.0 Å². The number of nitrogens with one attached hydrogen (secondary N) is 1. The fourth-order valence-corrected chi connectivity index (χ4v) is 3.79. The van der Waals surface area contributed by atoms with Gasteiger partial charge in [0.15, 0.2) is 0 Å². The maximum Gasteiger partial charge on any atom is 0.343 e. The lowest BCUT2D eigenvalue weighted by Gasteiger charge is -2.15. The van der Waals surface area contributed by atoms with Crippen molar-refractivity contribution >= 4 is 17.8 Å². The molecule has 0 heterocycles. The Kier molecular flexibility index (Phi) is 11.0. The smallest absolute Gasteiger partial charge is 0.343 e. The van der Waals surface area contributed by atoms with Crippen LogP contribution in [-0.4, -0.2) is 35.6 Å². The first-order valence-electron chi connectivity index (χ1n) is 12.8. The van der Waals surface area contributed by atoms with Gasteiger partial charge >= 0.3 is 11.9 Å². The number of rotatable bonds is 14. The van der Waals surface area contributed by atoms with Crippen LogP contribution in [0.5, 0.6) is 11.5 Å². The zero-order valence-corrected chi connectivity index (χ0v) is 21.6. The lowest BCUT2D eigenvalue weighted by molar-refractivity contribution is -0.139. The van der Waals surface area contributed by atoms with Crippen molar-refractivity contribution < 1.29 is 37.7 Å². The maximum absolute atomic E-state index is 13.9. The van der Waals surface area contributed by atoms with Crippen molar-refractivity contribution in [3.8, 4) is 11.5 Å². The SMILES string of the molecule is CCCCCCCOc1ccc(C(=O)Oc2ccc(CC(NC(=O)c3ccc(F)cc3F)C(=O)O)cc2)cc1. The molecule has 0 aliphatic rings. The number of aliphatic carboxylic acids is 1. The van der Waals surface area contributed by atoms with Gasteiger partial charge in [0.1, 0.15) is 29.2 Å². The fourth-order valence-electron chi connectivity index (χ4n) is 3.79. The number of hydrogen-bond donors (Lipinski definition) is 2. The third kappa shape index (κ3) is 9.21. The number of carboxylic acid groups (broad SMARTS) is 1. The van der Waals surface area contributed by atoms with E-state index in [1.54, 1.807) is 36.4 Å². The average molecular weight is 540 g/mol. The minimum Gasteiger partial charge on any atom is -0.494 e. The van der Waals surface area contributed by atoms with Gasteiger partial charge in [0, 0.05) is 12.5 Å². The Bertz CT molecular complexity index is 1260. The number of esters is 1. The molecule has 1 unspecified atom stereocenters. The minimum atomic E-state index is -1.37. The maximum atomic E-state index is 13.9. The molecule has 0 aliphatic heterocycles. The Balaban J connectivity index is 1.52. The first-order chi connectivity index (χ1) is 18.8. The molecule has 0 aromatic heterocycles. The summed E-state index contributed by atoms with van der Waals surface area (Å²) >= 11 is 0. The van der Waals surface area contributed by atoms with E-state index in [1.807, 2.05) is 0 Å². The van der Waals surface area contributed by atoms with Crippen molar-refractivity contribution in [2.45, 2.75) is 51.5 Å². The van der Waals surface area contributed by atoms with Gasteiger partial charge in [-0.25, -0.2) is 18.4 Å². The Hall–Kier alpha value is -4.27. The summed E-state index contributed by atoms with van der Waals surface area (Å²) in [5, 5.41) is 11.7. The van der Waals surface area contributed by atoms with Gasteiger partial charge in [-0.05, 0) is 60.5 Å². The molecule has 0 radical (unpaired) electrons. The van der Waals surface area contributed by atoms with Crippen LogP contribution in [0.1, 0.15) is 65.3 Å². The average Bonchev–Trinajstić information content (AvgIpc) is 2.91. The number of carboxylic acids is 1. The van der Waals surface area contributed by atoms with Gasteiger partial charge < -0.3 is 19.9 Å². The van der Waals surface area contributed by atoms with Crippen LogP contribution in [0.3, 0.4) is 0 Å². The standard InChI is InChI=1S/C30H31F2NO6/c1-2-3-4-5-6-17-38-23-14-9-21(10-15-23)30(37)39-24-12-7-20(8-13-24)18-27(29(35)36)33-28(34)25-16-11-22(31)19-26(25)32/h7-16,19,27H,2-6,17-18H2,1H3,(H,33,34)(H,35,36). The van der Waals surface area contributed by atoms with Crippen molar-refractivity contribution in [2.75, 3.05) is 6.61 Å². The van der Waals surface area contributed by atoms with E-state index in [4.69, 9.17) is 9.47 Å². The number of halogens is 2. The van der Waals surface area contributed by atoms with Gasteiger partial charge in [-0.15, -0.1) is 0 Å². The highest BCUT2D eigenvalue weighted by molar-refractivity contribution is 5.96. The molecule has 7 nitrogen and oxygen atoms in total. The molecule has 2 N–H and O–H groups in total. The summed E-state index contributed by atoms with van der Waals surface area (Å²) in [7, 11) is 0. The van der Waals surface area contributed by atoms with Crippen molar-refractivity contribution in [2.24, 2.45) is 0 Å². The first kappa shape index (κ1) is 29.3. The molecule has 0 fully saturated rings. The zero-order valence-electron chi connectivity index (χ0n) is 21.6. The van der Waals surface area contributed by atoms with Gasteiger partial charge in [0.2, 0.25) is 0 Å². The Labute approximate surface area is 225 Å². The highest BCUT2D eigenvalue weighted by atomic mass is 19.1. The van der Waals surface area contributed by atoms with E-state index in [-0.39, 0.29) is 12.2 Å². The number of hydrogen-bond acceptors (Lipinski definition) is 5. The molecule has 1 amide bonds. The predicted octanol–water partition coefficient (Wildman–Crippen LogP) is 5.96. The largest absolute Gasteiger partial charge is 0.494 e. The Morgan fingerprint density at radius 3 is 2.18 bits per heavy atom. The number of carbonyl (C=O) groups is 3. The predicted molar refractivity (Wildman–Crippen MR) is 141 cm³/mol. The third-order valence-electron chi connectivity index (χ3n) is 5.96. The van der Waals surface area contributed by atoms with E-state index >= 15 is 0 Å². The quantitative estimate of drug-likeness (QED) is 0.149. The summed E-state index contributed by atoms with van der Waals surface area (Å²) in [5.74, 6) is -3.89. The summed E-state index contributed by atoms with van der Waals surface area (Å²) < 4.78 is 38.1. The summed E-state index contributed by atoms with van der Waals surface area (Å²) in [4.78, 5) is 36.5. The van der Waals surface area contributed by atoms with Gasteiger partial charge in [-0.2, -0.15) is 0 Å². The van der Waals surface area contributed by atoms with E-state index in [9.17, 15) is 28.3 Å². The van der Waals surface area contributed by atoms with Crippen molar-refractivity contribution in [1.29, 1.82) is 0 Å². The molecule has 0 bridgehead atoms. The second kappa shape index (κ2) is 14.6. The monoisotopic (exact) mass is 539 g/mol. The number of unbranched alkanes of at least 4 members (excludes halogenated alkanes) is 4. The third-order valence-corrected chi connectivity index (χ3v) is 5.96. The normalized spacial score (nSPS) is 11.5. The van der Waals surface area contributed by atoms with Crippen LogP contribution in [-0.2, 0) is 11.2 Å². The lowest BCUT2D eigenvalue weighted by Crippen LogP contribution is -2.42. The van der Waals surface area contributed by atoms with Gasteiger partial charge in [-0.1, -0.05) is 44.7 Å². The molecular weight excluding hydrogens is 508 g/mol. The van der Waals surface area contributed by atoms with E-state index in [2.05, 4.69) is 12.2 Å². The van der Waals surface area contributed by atoms with E-state index < -0.39 is 41.1 Å². The van der Waals surface area contributed by atoms with Crippen LogP contribution in [0.15, 0.2) is 66.7 Å². The molecule has 3 aromatic carbocycles. The number of amides is 1. The van der Waals surface area contributed by atoms with Crippen molar-refractivity contribution in [3.05, 3.63) is 95.1 Å². The molecule has 0 saturated heterocycles. The van der Waals surface area contributed by atoms with Crippen LogP contribution in [0.4, 0.5) is 8.78 Å². The molecule has 1 atom stereocenters. The minimum absolute atomic E-state index is 0.113. The van der Waals surface area contributed by atoms with Gasteiger partial charge in [0.05, 0.1) is 17.7 Å². The molecular formula is C30H31F2NO6. The van der Waals surface area contributed by atoms with Gasteiger partial charge in [-0.3, -0.25) is 4.79 Å². The number of benzene rings is 3. The van der Waals surface area contributed by atoms with Crippen LogP contribution >= 0.6 is 0 Å². The molecule has 206 valence electrons. The summed E-state index contributed by atoms with van der Waals surface area (Å²) in [6, 6.07) is 13.8. The molecule has 0 saturated carbocycles. The highest BCUT2D eigenvalue weighted by Crippen LogP contribution is 2.18. The summed E-state index contributed by atoms with van der Waals surface area (Å²) in [5.41, 5.74) is 0.404. The Morgan fingerprint density at radius 2 is 1.54 bits per heavy atom. The molecule has 3 rings (SSSR count). The highest BCUT2D eigenvalue weighted by Gasteiger charge is 2.23. The Morgan fingerprint density at radius 1 is 0.872 bits per heavy atom. The number of carbonyl (C=O) groups excluding carboxylic acids is 2. The molecule has 0 spiro atoms. The topological polar surface area (TPSA) is 102 Å².